The third kappa shape index (κ3) is 10.8. The van der Waals surface area contributed by atoms with Crippen molar-refractivity contribution in [2.24, 2.45) is 0 Å². The molecule has 292 valence electrons. The molecule has 3 atom stereocenters. The molecule has 57 heavy (non-hydrogen) atoms. The van der Waals surface area contributed by atoms with E-state index in [4.69, 9.17) is 24.6 Å². The number of nitrogens with zero attached hydrogens (tertiary/aromatic N) is 1. The number of aromatic nitrogens is 1. The topological polar surface area (TPSA) is 149 Å². The van der Waals surface area contributed by atoms with Crippen molar-refractivity contribution < 1.29 is 28.6 Å². The van der Waals surface area contributed by atoms with E-state index >= 15 is 0 Å². The predicted molar refractivity (Wildman–Crippen MR) is 224 cm³/mol. The van der Waals surface area contributed by atoms with Gasteiger partial charge in [0.15, 0.2) is 12.1 Å². The molecule has 1 aliphatic rings. The summed E-state index contributed by atoms with van der Waals surface area (Å²) in [6.45, 7) is -0.0318. The lowest BCUT2D eigenvalue weighted by atomic mass is 10.0. The summed E-state index contributed by atoms with van der Waals surface area (Å²) in [6.07, 6.45) is 2.31. The largest absolute Gasteiger partial charge is 0.431 e. The monoisotopic (exact) mass is 782 g/mol. The average molecular weight is 783 g/mol. The number of ether oxygens (including phenoxy) is 2. The number of thioether (sulfide) groups is 1. The van der Waals surface area contributed by atoms with Gasteiger partial charge in [-0.25, -0.2) is 4.98 Å². The molecule has 10 nitrogen and oxygen atoms in total. The molecule has 5 aromatic carbocycles. The van der Waals surface area contributed by atoms with Gasteiger partial charge in [0.2, 0.25) is 11.8 Å². The molecule has 1 fully saturated rings. The Balaban J connectivity index is 0.964. The SMILES string of the molecule is Nc1ccccc1NC(=O)CCCCCC(=O)Nc1ccc(C2OC(CSc3nc(-c4ccccc4)c(-c4ccccc4)o3)CC(c3ccc(CO)cc3)O2)cc1. The number of amides is 2. The first-order valence-electron chi connectivity index (χ1n) is 19.2. The predicted octanol–water partition coefficient (Wildman–Crippen LogP) is 9.95. The van der Waals surface area contributed by atoms with Crippen LogP contribution in [-0.2, 0) is 25.7 Å². The molecule has 0 saturated carbocycles. The minimum Gasteiger partial charge on any atom is -0.431 e. The minimum absolute atomic E-state index is 0.0318. The van der Waals surface area contributed by atoms with Crippen LogP contribution in [-0.4, -0.2) is 33.8 Å². The summed E-state index contributed by atoms with van der Waals surface area (Å²) < 4.78 is 19.5. The Labute approximate surface area is 336 Å². The van der Waals surface area contributed by atoms with Crippen LogP contribution < -0.4 is 16.4 Å². The van der Waals surface area contributed by atoms with Gasteiger partial charge in [0.1, 0.15) is 5.69 Å². The number of oxazole rings is 1. The number of benzene rings is 5. The lowest BCUT2D eigenvalue weighted by molar-refractivity contribution is -0.245. The molecule has 6 aromatic rings. The molecule has 2 heterocycles. The molecule has 2 amide bonds. The van der Waals surface area contributed by atoms with Gasteiger partial charge in [-0.3, -0.25) is 9.59 Å². The van der Waals surface area contributed by atoms with E-state index in [0.29, 0.717) is 60.1 Å². The zero-order valence-electron chi connectivity index (χ0n) is 31.5. The van der Waals surface area contributed by atoms with Crippen molar-refractivity contribution in [3.63, 3.8) is 0 Å². The first kappa shape index (κ1) is 39.5. The van der Waals surface area contributed by atoms with E-state index in [1.165, 1.54) is 11.8 Å². The Kier molecular flexibility index (Phi) is 13.5. The smallest absolute Gasteiger partial charge is 0.256 e. The molecule has 1 aliphatic heterocycles. The molecule has 5 N–H and O–H groups in total. The highest BCUT2D eigenvalue weighted by Gasteiger charge is 2.33. The van der Waals surface area contributed by atoms with Crippen molar-refractivity contribution in [1.29, 1.82) is 0 Å². The van der Waals surface area contributed by atoms with Crippen molar-refractivity contribution in [1.82, 2.24) is 4.98 Å². The van der Waals surface area contributed by atoms with Crippen LogP contribution in [0.4, 0.5) is 17.1 Å². The Morgan fingerprint density at radius 1 is 0.719 bits per heavy atom. The number of anilines is 3. The van der Waals surface area contributed by atoms with Crippen LogP contribution in [0.25, 0.3) is 22.6 Å². The molecule has 1 saturated heterocycles. The number of aliphatic hydroxyl groups excluding tert-OH is 1. The molecule has 3 unspecified atom stereocenters. The van der Waals surface area contributed by atoms with Gasteiger partial charge >= 0.3 is 0 Å². The van der Waals surface area contributed by atoms with Gasteiger partial charge in [-0.05, 0) is 48.2 Å². The maximum atomic E-state index is 12.8. The van der Waals surface area contributed by atoms with Crippen molar-refractivity contribution >= 4 is 40.6 Å². The van der Waals surface area contributed by atoms with Crippen LogP contribution in [0.3, 0.4) is 0 Å². The number of rotatable bonds is 16. The number of nitrogen functional groups attached to an aromatic ring is 1. The third-order valence-corrected chi connectivity index (χ3v) is 10.7. The Morgan fingerprint density at radius 2 is 1.35 bits per heavy atom. The molecule has 0 radical (unpaired) electrons. The normalized spacial score (nSPS) is 16.5. The fourth-order valence-corrected chi connectivity index (χ4v) is 7.49. The van der Waals surface area contributed by atoms with Crippen molar-refractivity contribution in [3.05, 3.63) is 150 Å². The fourth-order valence-electron chi connectivity index (χ4n) is 6.64. The lowest BCUT2D eigenvalue weighted by Gasteiger charge is -2.36. The number of hydrogen-bond acceptors (Lipinski definition) is 9. The number of nitrogens with one attached hydrogen (secondary N) is 2. The van der Waals surface area contributed by atoms with E-state index in [0.717, 1.165) is 45.7 Å². The van der Waals surface area contributed by atoms with Crippen LogP contribution in [0, 0.1) is 0 Å². The number of carbonyl (C=O) groups is 2. The number of para-hydroxylation sites is 2. The Morgan fingerprint density at radius 3 is 2.04 bits per heavy atom. The van der Waals surface area contributed by atoms with E-state index < -0.39 is 6.29 Å². The quantitative estimate of drug-likeness (QED) is 0.0428. The van der Waals surface area contributed by atoms with E-state index in [-0.39, 0.29) is 30.6 Å². The molecule has 7 rings (SSSR count). The molecule has 0 aliphatic carbocycles. The maximum absolute atomic E-state index is 12.8. The van der Waals surface area contributed by atoms with Crippen LogP contribution in [0.2, 0.25) is 0 Å². The average Bonchev–Trinajstić information content (AvgIpc) is 3.69. The van der Waals surface area contributed by atoms with Gasteiger partial charge in [-0.2, -0.15) is 0 Å². The standard InChI is InChI=1S/C46H46N4O6S/c47-38-16-10-11-17-39(38)49-42(53)19-9-3-8-18-41(52)48-36-26-24-35(25-27-36)45-54-37(28-40(55-45)32-22-20-31(29-51)21-23-32)30-57-46-50-43(33-12-4-1-5-13-33)44(56-46)34-14-6-2-7-15-34/h1-2,4-7,10-17,20-27,37,40,45,51H,3,8-9,18-19,28-30,47H2,(H,48,52)(H,49,53). The summed E-state index contributed by atoms with van der Waals surface area (Å²) in [4.78, 5) is 30.0. The summed E-state index contributed by atoms with van der Waals surface area (Å²) in [7, 11) is 0. The van der Waals surface area contributed by atoms with Gasteiger partial charge in [0, 0.05) is 47.4 Å². The number of hydrogen-bond donors (Lipinski definition) is 4. The van der Waals surface area contributed by atoms with Gasteiger partial charge in [-0.15, -0.1) is 0 Å². The highest BCUT2D eigenvalue weighted by Crippen LogP contribution is 2.41. The second-order valence-corrected chi connectivity index (χ2v) is 14.9. The molecule has 1 aromatic heterocycles. The second-order valence-electron chi connectivity index (χ2n) is 13.9. The van der Waals surface area contributed by atoms with E-state index in [9.17, 15) is 14.7 Å². The molecular formula is C46H46N4O6S. The van der Waals surface area contributed by atoms with Crippen molar-refractivity contribution in [2.45, 2.75) is 68.9 Å². The Bertz CT molecular complexity index is 2160. The fraction of sp³-hybridized carbons (Fsp3) is 0.239. The zero-order valence-corrected chi connectivity index (χ0v) is 32.3. The number of carbonyl (C=O) groups excluding carboxylic acids is 2. The zero-order chi connectivity index (χ0) is 39.4. The summed E-state index contributed by atoms with van der Waals surface area (Å²) in [6, 6.07) is 42.5. The lowest BCUT2D eigenvalue weighted by Crippen LogP contribution is -2.31. The summed E-state index contributed by atoms with van der Waals surface area (Å²) in [5.74, 6) is 1.12. The third-order valence-electron chi connectivity index (χ3n) is 9.71. The van der Waals surface area contributed by atoms with Crippen LogP contribution in [0.15, 0.2) is 143 Å². The van der Waals surface area contributed by atoms with Crippen molar-refractivity contribution in [2.75, 3.05) is 22.1 Å². The molecule has 11 heteroatoms. The van der Waals surface area contributed by atoms with Gasteiger partial charge in [0.25, 0.3) is 5.22 Å². The maximum Gasteiger partial charge on any atom is 0.256 e. The van der Waals surface area contributed by atoms with Gasteiger partial charge in [0.05, 0.1) is 30.2 Å². The Hall–Kier alpha value is -5.72. The summed E-state index contributed by atoms with van der Waals surface area (Å²) in [5.41, 5.74) is 13.1. The van der Waals surface area contributed by atoms with Gasteiger partial charge in [-0.1, -0.05) is 127 Å². The van der Waals surface area contributed by atoms with Crippen LogP contribution in [0.5, 0.6) is 0 Å². The summed E-state index contributed by atoms with van der Waals surface area (Å²) in [5, 5.41) is 16.0. The molecular weight excluding hydrogens is 737 g/mol. The van der Waals surface area contributed by atoms with Crippen molar-refractivity contribution in [3.8, 4) is 22.6 Å². The molecule has 0 bridgehead atoms. The molecule has 0 spiro atoms. The number of aliphatic hydroxyl groups is 1. The minimum atomic E-state index is -0.656. The number of nitrogens with two attached hydrogens (primary N) is 1. The second kappa shape index (κ2) is 19.4. The van der Waals surface area contributed by atoms with Crippen LogP contribution in [0.1, 0.15) is 67.6 Å². The highest BCUT2D eigenvalue weighted by atomic mass is 32.2. The first-order chi connectivity index (χ1) is 27.9. The van der Waals surface area contributed by atoms with Crippen LogP contribution >= 0.6 is 11.8 Å². The van der Waals surface area contributed by atoms with E-state index in [1.54, 1.807) is 12.1 Å². The van der Waals surface area contributed by atoms with E-state index in [2.05, 4.69) is 10.6 Å². The van der Waals surface area contributed by atoms with Gasteiger partial charge < -0.3 is 35.4 Å². The first-order valence-corrected chi connectivity index (χ1v) is 20.2. The number of unbranched alkanes of at least 4 members (excludes halogenated alkanes) is 2. The summed E-state index contributed by atoms with van der Waals surface area (Å²) >= 11 is 1.51. The van der Waals surface area contributed by atoms with E-state index in [1.807, 2.05) is 121 Å². The highest BCUT2D eigenvalue weighted by molar-refractivity contribution is 7.99.